The first kappa shape index (κ1) is 11.9. The second-order valence-electron chi connectivity index (χ2n) is 4.92. The summed E-state index contributed by atoms with van der Waals surface area (Å²) in [4.78, 5) is 0. The van der Waals surface area contributed by atoms with Crippen LogP contribution in [0.3, 0.4) is 0 Å². The Hall–Kier alpha value is -1.56. The molecule has 0 nitrogen and oxygen atoms in total. The molecule has 0 aliphatic rings. The smallest absolute Gasteiger partial charge is 0.00637 e. The van der Waals surface area contributed by atoms with Gasteiger partial charge in [-0.1, -0.05) is 49.4 Å². The highest BCUT2D eigenvalue weighted by molar-refractivity contribution is 5.39. The van der Waals surface area contributed by atoms with E-state index in [0.29, 0.717) is 5.92 Å². The standard InChI is InChI=1S/C17H20/c1-12-9-10-16(11-14(12)3)15(4)17-8-6-5-7-13(17)2/h5-11,15H,1-4H3. The first-order chi connectivity index (χ1) is 8.09. The third kappa shape index (κ3) is 2.41. The van der Waals surface area contributed by atoms with Crippen molar-refractivity contribution in [2.24, 2.45) is 0 Å². The van der Waals surface area contributed by atoms with Crippen LogP contribution >= 0.6 is 0 Å². The minimum atomic E-state index is 0.468. The SMILES string of the molecule is Cc1ccc(C(C)c2ccccc2C)cc1C. The summed E-state index contributed by atoms with van der Waals surface area (Å²) in [6.45, 7) is 8.82. The second-order valence-corrected chi connectivity index (χ2v) is 4.92. The third-order valence-corrected chi connectivity index (χ3v) is 3.69. The minimum Gasteiger partial charge on any atom is -0.0620 e. The fourth-order valence-corrected chi connectivity index (χ4v) is 2.29. The monoisotopic (exact) mass is 224 g/mol. The van der Waals surface area contributed by atoms with Crippen molar-refractivity contribution < 1.29 is 0 Å². The zero-order chi connectivity index (χ0) is 12.4. The molecule has 1 atom stereocenters. The number of hydrogen-bond acceptors (Lipinski definition) is 0. The summed E-state index contributed by atoms with van der Waals surface area (Å²) in [5, 5.41) is 0. The molecule has 88 valence electrons. The van der Waals surface area contributed by atoms with Crippen molar-refractivity contribution in [2.45, 2.75) is 33.6 Å². The summed E-state index contributed by atoms with van der Waals surface area (Å²) in [5.41, 5.74) is 6.95. The zero-order valence-electron chi connectivity index (χ0n) is 11.1. The molecule has 0 fully saturated rings. The van der Waals surface area contributed by atoms with Gasteiger partial charge in [-0.2, -0.15) is 0 Å². The van der Waals surface area contributed by atoms with Crippen molar-refractivity contribution >= 4 is 0 Å². The summed E-state index contributed by atoms with van der Waals surface area (Å²) >= 11 is 0. The van der Waals surface area contributed by atoms with Crippen molar-refractivity contribution in [2.75, 3.05) is 0 Å². The molecule has 2 aromatic carbocycles. The van der Waals surface area contributed by atoms with E-state index >= 15 is 0 Å². The van der Waals surface area contributed by atoms with Crippen molar-refractivity contribution in [3.05, 3.63) is 70.3 Å². The van der Waals surface area contributed by atoms with Gasteiger partial charge in [0, 0.05) is 5.92 Å². The third-order valence-electron chi connectivity index (χ3n) is 3.69. The highest BCUT2D eigenvalue weighted by atomic mass is 14.1. The van der Waals surface area contributed by atoms with E-state index in [2.05, 4.69) is 70.2 Å². The van der Waals surface area contributed by atoms with Crippen LogP contribution in [0.4, 0.5) is 0 Å². The van der Waals surface area contributed by atoms with Gasteiger partial charge in [0.2, 0.25) is 0 Å². The van der Waals surface area contributed by atoms with Crippen LogP contribution in [0.25, 0.3) is 0 Å². The molecule has 2 rings (SSSR count). The lowest BCUT2D eigenvalue weighted by Crippen LogP contribution is -1.99. The van der Waals surface area contributed by atoms with E-state index in [9.17, 15) is 0 Å². The van der Waals surface area contributed by atoms with Crippen LogP contribution in [0.5, 0.6) is 0 Å². The van der Waals surface area contributed by atoms with E-state index in [1.807, 2.05) is 0 Å². The lowest BCUT2D eigenvalue weighted by Gasteiger charge is -2.16. The highest BCUT2D eigenvalue weighted by Gasteiger charge is 2.10. The molecule has 17 heavy (non-hydrogen) atoms. The lowest BCUT2D eigenvalue weighted by atomic mass is 9.89. The Morgan fingerprint density at radius 3 is 2.12 bits per heavy atom. The number of benzene rings is 2. The maximum atomic E-state index is 2.31. The number of rotatable bonds is 2. The maximum absolute atomic E-state index is 2.31. The summed E-state index contributed by atoms with van der Waals surface area (Å²) in [7, 11) is 0. The second kappa shape index (κ2) is 4.75. The van der Waals surface area contributed by atoms with Crippen LogP contribution in [-0.2, 0) is 0 Å². The average Bonchev–Trinajstić information content (AvgIpc) is 2.32. The summed E-state index contributed by atoms with van der Waals surface area (Å²) in [6.07, 6.45) is 0. The molecule has 0 aliphatic heterocycles. The van der Waals surface area contributed by atoms with Crippen LogP contribution in [0.15, 0.2) is 42.5 Å². The molecule has 0 heterocycles. The van der Waals surface area contributed by atoms with Gasteiger partial charge in [-0.3, -0.25) is 0 Å². The Kier molecular flexibility index (Phi) is 3.33. The van der Waals surface area contributed by atoms with Gasteiger partial charge in [0.15, 0.2) is 0 Å². The normalized spacial score (nSPS) is 12.5. The number of hydrogen-bond donors (Lipinski definition) is 0. The van der Waals surface area contributed by atoms with Gasteiger partial charge in [0.05, 0.1) is 0 Å². The van der Waals surface area contributed by atoms with Gasteiger partial charge in [-0.05, 0) is 48.6 Å². The molecule has 0 spiro atoms. The van der Waals surface area contributed by atoms with Gasteiger partial charge < -0.3 is 0 Å². The average molecular weight is 224 g/mol. The Morgan fingerprint density at radius 2 is 1.47 bits per heavy atom. The van der Waals surface area contributed by atoms with Gasteiger partial charge in [-0.25, -0.2) is 0 Å². The molecule has 0 aliphatic carbocycles. The predicted molar refractivity (Wildman–Crippen MR) is 74.6 cm³/mol. The largest absolute Gasteiger partial charge is 0.0620 e. The molecule has 0 saturated carbocycles. The molecule has 0 heteroatoms. The van der Waals surface area contributed by atoms with E-state index in [4.69, 9.17) is 0 Å². The topological polar surface area (TPSA) is 0 Å². The molecule has 0 radical (unpaired) electrons. The fourth-order valence-electron chi connectivity index (χ4n) is 2.29. The van der Waals surface area contributed by atoms with Crippen molar-refractivity contribution in [1.29, 1.82) is 0 Å². The Balaban J connectivity index is 2.40. The van der Waals surface area contributed by atoms with Crippen molar-refractivity contribution in [3.8, 4) is 0 Å². The molecule has 0 saturated heterocycles. The van der Waals surface area contributed by atoms with Gasteiger partial charge in [0.1, 0.15) is 0 Å². The molecule has 0 bridgehead atoms. The molecule has 2 aromatic rings. The maximum Gasteiger partial charge on any atom is 0.00637 e. The van der Waals surface area contributed by atoms with Crippen LogP contribution in [0, 0.1) is 20.8 Å². The lowest BCUT2D eigenvalue weighted by molar-refractivity contribution is 0.906. The van der Waals surface area contributed by atoms with E-state index in [-0.39, 0.29) is 0 Å². The zero-order valence-corrected chi connectivity index (χ0v) is 11.1. The molecular weight excluding hydrogens is 204 g/mol. The Labute approximate surface area is 104 Å². The Bertz CT molecular complexity index is 523. The van der Waals surface area contributed by atoms with E-state index in [1.54, 1.807) is 0 Å². The quantitative estimate of drug-likeness (QED) is 0.689. The molecule has 0 N–H and O–H groups in total. The molecule has 0 aromatic heterocycles. The predicted octanol–water partition coefficient (Wildman–Crippen LogP) is 4.76. The number of aryl methyl sites for hydroxylation is 3. The van der Waals surface area contributed by atoms with E-state index in [0.717, 1.165) is 0 Å². The molecular formula is C17H20. The Morgan fingerprint density at radius 1 is 0.765 bits per heavy atom. The summed E-state index contributed by atoms with van der Waals surface area (Å²) in [5.74, 6) is 0.468. The van der Waals surface area contributed by atoms with Crippen molar-refractivity contribution in [1.82, 2.24) is 0 Å². The minimum absolute atomic E-state index is 0.468. The van der Waals surface area contributed by atoms with E-state index in [1.165, 1.54) is 27.8 Å². The van der Waals surface area contributed by atoms with Crippen LogP contribution in [0.1, 0.15) is 40.7 Å². The van der Waals surface area contributed by atoms with Crippen LogP contribution in [0.2, 0.25) is 0 Å². The first-order valence-corrected chi connectivity index (χ1v) is 6.22. The van der Waals surface area contributed by atoms with Gasteiger partial charge >= 0.3 is 0 Å². The van der Waals surface area contributed by atoms with Gasteiger partial charge in [0.25, 0.3) is 0 Å². The molecule has 1 unspecified atom stereocenters. The fraction of sp³-hybridized carbons (Fsp3) is 0.294. The van der Waals surface area contributed by atoms with Crippen molar-refractivity contribution in [3.63, 3.8) is 0 Å². The molecule has 0 amide bonds. The van der Waals surface area contributed by atoms with Crippen LogP contribution in [-0.4, -0.2) is 0 Å². The van der Waals surface area contributed by atoms with Crippen LogP contribution < -0.4 is 0 Å². The summed E-state index contributed by atoms with van der Waals surface area (Å²) < 4.78 is 0. The highest BCUT2D eigenvalue weighted by Crippen LogP contribution is 2.27. The van der Waals surface area contributed by atoms with E-state index < -0.39 is 0 Å². The summed E-state index contributed by atoms with van der Waals surface area (Å²) in [6, 6.07) is 15.4. The first-order valence-electron chi connectivity index (χ1n) is 6.22. The van der Waals surface area contributed by atoms with Gasteiger partial charge in [-0.15, -0.1) is 0 Å².